The normalized spacial score (nSPS) is 10.9. The van der Waals surface area contributed by atoms with E-state index in [1.54, 1.807) is 25.1 Å². The van der Waals surface area contributed by atoms with Crippen LogP contribution in [0.5, 0.6) is 0 Å². The van der Waals surface area contributed by atoms with Crippen LogP contribution in [0.4, 0.5) is 5.69 Å². The van der Waals surface area contributed by atoms with Crippen molar-refractivity contribution in [2.24, 2.45) is 0 Å². The Bertz CT molecular complexity index is 489. The Kier molecular flexibility index (Phi) is 4.53. The molecule has 5 nitrogen and oxygen atoms in total. The van der Waals surface area contributed by atoms with E-state index < -0.39 is 11.9 Å². The third-order valence-electron chi connectivity index (χ3n) is 2.57. The average Bonchev–Trinajstić information content (AvgIpc) is 2.33. The Morgan fingerprint density at radius 3 is 2.37 bits per heavy atom. The summed E-state index contributed by atoms with van der Waals surface area (Å²) in [5.41, 5.74) is 7.07. The van der Waals surface area contributed by atoms with Gasteiger partial charge in [0.05, 0.1) is 5.56 Å². The summed E-state index contributed by atoms with van der Waals surface area (Å²) in [5.74, 6) is -1.33. The van der Waals surface area contributed by atoms with Gasteiger partial charge in [0.1, 0.15) is 0 Å². The molecule has 0 bridgehead atoms. The highest BCUT2D eigenvalue weighted by atomic mass is 17.2. The number of nitrogen functional groups attached to an aromatic ring is 1. The SMILES string of the molecule is CCC(=O)OOC(=O)c1cccc(N)c1C(C)(C)C. The molecule has 0 saturated heterocycles. The van der Waals surface area contributed by atoms with Crippen LogP contribution < -0.4 is 5.73 Å². The molecule has 0 aromatic heterocycles. The van der Waals surface area contributed by atoms with Crippen molar-refractivity contribution in [3.63, 3.8) is 0 Å². The number of nitrogens with two attached hydrogens (primary N) is 1. The number of benzene rings is 1. The van der Waals surface area contributed by atoms with E-state index in [-0.39, 0.29) is 11.8 Å². The maximum absolute atomic E-state index is 11.9. The van der Waals surface area contributed by atoms with Gasteiger partial charge in [-0.2, -0.15) is 0 Å². The lowest BCUT2D eigenvalue weighted by Crippen LogP contribution is -2.21. The van der Waals surface area contributed by atoms with Crippen LogP contribution in [0.25, 0.3) is 0 Å². The van der Waals surface area contributed by atoms with Crippen molar-refractivity contribution in [1.29, 1.82) is 0 Å². The fourth-order valence-electron chi connectivity index (χ4n) is 1.77. The van der Waals surface area contributed by atoms with Gasteiger partial charge >= 0.3 is 11.9 Å². The van der Waals surface area contributed by atoms with E-state index in [4.69, 9.17) is 5.73 Å². The number of rotatable bonds is 2. The molecule has 0 aliphatic heterocycles. The molecule has 0 heterocycles. The topological polar surface area (TPSA) is 78.6 Å². The zero-order valence-electron chi connectivity index (χ0n) is 11.6. The summed E-state index contributed by atoms with van der Waals surface area (Å²) < 4.78 is 0. The Balaban J connectivity index is 3.04. The number of carbonyl (C=O) groups is 2. The Labute approximate surface area is 112 Å². The summed E-state index contributed by atoms with van der Waals surface area (Å²) in [6.45, 7) is 7.42. The van der Waals surface area contributed by atoms with E-state index in [1.165, 1.54) is 0 Å². The molecule has 0 aliphatic rings. The first kappa shape index (κ1) is 15.0. The molecule has 1 aromatic rings. The zero-order valence-corrected chi connectivity index (χ0v) is 11.6. The van der Waals surface area contributed by atoms with Crippen molar-refractivity contribution in [2.45, 2.75) is 39.5 Å². The fourth-order valence-corrected chi connectivity index (χ4v) is 1.77. The van der Waals surface area contributed by atoms with E-state index in [0.29, 0.717) is 16.8 Å². The summed E-state index contributed by atoms with van der Waals surface area (Å²) >= 11 is 0. The van der Waals surface area contributed by atoms with E-state index in [1.807, 2.05) is 20.8 Å². The lowest BCUT2D eigenvalue weighted by Gasteiger charge is -2.23. The second-order valence-electron chi connectivity index (χ2n) is 5.20. The molecule has 104 valence electrons. The number of anilines is 1. The van der Waals surface area contributed by atoms with Crippen LogP contribution in [0.3, 0.4) is 0 Å². The summed E-state index contributed by atoms with van der Waals surface area (Å²) in [7, 11) is 0. The van der Waals surface area contributed by atoms with Crippen molar-refractivity contribution in [3.8, 4) is 0 Å². The molecule has 2 N–H and O–H groups in total. The van der Waals surface area contributed by atoms with Crippen LogP contribution in [0.2, 0.25) is 0 Å². The molecule has 0 radical (unpaired) electrons. The Morgan fingerprint density at radius 1 is 1.21 bits per heavy atom. The molecule has 0 spiro atoms. The minimum atomic E-state index is -0.723. The minimum Gasteiger partial charge on any atom is -0.398 e. The van der Waals surface area contributed by atoms with Gasteiger partial charge in [-0.3, -0.25) is 0 Å². The largest absolute Gasteiger partial charge is 0.398 e. The highest BCUT2D eigenvalue weighted by Crippen LogP contribution is 2.31. The van der Waals surface area contributed by atoms with Gasteiger partial charge in [0.25, 0.3) is 0 Å². The molecule has 0 saturated carbocycles. The molecule has 0 aliphatic carbocycles. The van der Waals surface area contributed by atoms with E-state index in [2.05, 4.69) is 9.78 Å². The van der Waals surface area contributed by atoms with E-state index in [0.717, 1.165) is 0 Å². The standard InChI is InChI=1S/C14H19NO4/c1-5-11(16)18-19-13(17)9-7-6-8-10(15)12(9)14(2,3)4/h6-8H,5,15H2,1-4H3. The molecule has 1 aromatic carbocycles. The summed E-state index contributed by atoms with van der Waals surface area (Å²) in [6.07, 6.45) is 0.135. The van der Waals surface area contributed by atoms with Crippen LogP contribution in [0.15, 0.2) is 18.2 Å². The third kappa shape index (κ3) is 3.71. The van der Waals surface area contributed by atoms with Gasteiger partial charge in [-0.25, -0.2) is 19.4 Å². The second kappa shape index (κ2) is 5.73. The maximum atomic E-state index is 11.9. The third-order valence-corrected chi connectivity index (χ3v) is 2.57. The Morgan fingerprint density at radius 2 is 1.84 bits per heavy atom. The molecule has 0 amide bonds. The highest BCUT2D eigenvalue weighted by molar-refractivity contribution is 5.93. The summed E-state index contributed by atoms with van der Waals surface area (Å²) in [5, 5.41) is 0. The molecule has 0 unspecified atom stereocenters. The van der Waals surface area contributed by atoms with Crippen molar-refractivity contribution in [1.82, 2.24) is 0 Å². The van der Waals surface area contributed by atoms with E-state index >= 15 is 0 Å². The van der Waals surface area contributed by atoms with Crippen molar-refractivity contribution >= 4 is 17.6 Å². The monoisotopic (exact) mass is 265 g/mol. The second-order valence-corrected chi connectivity index (χ2v) is 5.20. The van der Waals surface area contributed by atoms with Gasteiger partial charge in [0.2, 0.25) is 0 Å². The number of carbonyl (C=O) groups excluding carboxylic acids is 2. The van der Waals surface area contributed by atoms with Crippen molar-refractivity contribution < 1.29 is 19.4 Å². The molecule has 0 fully saturated rings. The molecule has 5 heteroatoms. The van der Waals surface area contributed by atoms with Crippen LogP contribution in [0, 0.1) is 0 Å². The van der Waals surface area contributed by atoms with Crippen LogP contribution in [0.1, 0.15) is 50.0 Å². The quantitative estimate of drug-likeness (QED) is 0.505. The average molecular weight is 265 g/mol. The van der Waals surface area contributed by atoms with Gasteiger partial charge in [0.15, 0.2) is 0 Å². The van der Waals surface area contributed by atoms with Crippen molar-refractivity contribution in [3.05, 3.63) is 29.3 Å². The van der Waals surface area contributed by atoms with Gasteiger partial charge in [-0.15, -0.1) is 0 Å². The lowest BCUT2D eigenvalue weighted by atomic mass is 9.82. The van der Waals surface area contributed by atoms with Crippen LogP contribution >= 0.6 is 0 Å². The minimum absolute atomic E-state index is 0.135. The van der Waals surface area contributed by atoms with Gasteiger partial charge < -0.3 is 5.73 Å². The summed E-state index contributed by atoms with van der Waals surface area (Å²) in [4.78, 5) is 31.8. The summed E-state index contributed by atoms with van der Waals surface area (Å²) in [6, 6.07) is 4.97. The first-order valence-corrected chi connectivity index (χ1v) is 6.08. The Hall–Kier alpha value is -2.04. The highest BCUT2D eigenvalue weighted by Gasteiger charge is 2.26. The number of hydrogen-bond donors (Lipinski definition) is 1. The van der Waals surface area contributed by atoms with Gasteiger partial charge in [-0.1, -0.05) is 33.8 Å². The van der Waals surface area contributed by atoms with E-state index in [9.17, 15) is 9.59 Å². The smallest absolute Gasteiger partial charge is 0.386 e. The molecule has 0 atom stereocenters. The number of hydrogen-bond acceptors (Lipinski definition) is 5. The molecular weight excluding hydrogens is 246 g/mol. The first-order chi connectivity index (χ1) is 8.77. The molecule has 1 rings (SSSR count). The predicted octanol–water partition coefficient (Wildman–Crippen LogP) is 2.59. The molecular formula is C14H19NO4. The predicted molar refractivity (Wildman–Crippen MR) is 71.4 cm³/mol. The molecule has 19 heavy (non-hydrogen) atoms. The van der Waals surface area contributed by atoms with Gasteiger partial charge in [-0.05, 0) is 23.1 Å². The maximum Gasteiger partial charge on any atom is 0.386 e. The van der Waals surface area contributed by atoms with Gasteiger partial charge in [0, 0.05) is 12.1 Å². The van der Waals surface area contributed by atoms with Crippen molar-refractivity contribution in [2.75, 3.05) is 5.73 Å². The fraction of sp³-hybridized carbons (Fsp3) is 0.429. The zero-order chi connectivity index (χ0) is 14.6. The first-order valence-electron chi connectivity index (χ1n) is 6.08. The lowest BCUT2D eigenvalue weighted by molar-refractivity contribution is -0.233. The van der Waals surface area contributed by atoms with Crippen LogP contribution in [-0.2, 0) is 20.0 Å². The van der Waals surface area contributed by atoms with Crippen LogP contribution in [-0.4, -0.2) is 11.9 Å².